The van der Waals surface area contributed by atoms with Crippen LogP contribution in [0.5, 0.6) is 5.75 Å². The second kappa shape index (κ2) is 14.0. The monoisotopic (exact) mass is 594 g/mol. The van der Waals surface area contributed by atoms with Crippen molar-refractivity contribution in [3.63, 3.8) is 0 Å². The Morgan fingerprint density at radius 2 is 1.15 bits per heavy atom. The van der Waals surface area contributed by atoms with E-state index in [-0.39, 0.29) is 19.0 Å². The van der Waals surface area contributed by atoms with Crippen LogP contribution >= 0.6 is 15.3 Å². The van der Waals surface area contributed by atoms with Crippen LogP contribution in [0.2, 0.25) is 0 Å². The first kappa shape index (κ1) is 30.6. The fraction of sp³-hybridized carbons (Fsp3) is 0.226. The lowest BCUT2D eigenvalue weighted by atomic mass is 10.0. The minimum absolute atomic E-state index is 0.0796. The number of aromatic hydroxyl groups is 1. The van der Waals surface area contributed by atoms with E-state index in [1.165, 1.54) is 0 Å². The normalized spacial score (nSPS) is 15.2. The number of rotatable bonds is 9. The maximum Gasteiger partial charge on any atom is 0.394 e. The standard InChI is InChI=1S/C17H21O4P.C14H15N2O2P/c1-3-20-22(19,21-4-2)17(14-10-6-5-7-11-14)15-12-8-9-13-16(15)18;17-19(18)15(13-7-3-1-4-8-13)11-12-16(19)14-9-5-2-6-10-14/h5-13,17-18H,3-4H2,1-2H3;1-10H,11-12H2,(H,17,18). The molecule has 10 heteroatoms. The molecular weight excluding hydrogens is 558 g/mol. The summed E-state index contributed by atoms with van der Waals surface area (Å²) in [5.41, 5.74) is 2.24. The Labute approximate surface area is 241 Å². The molecule has 1 heterocycles. The minimum Gasteiger partial charge on any atom is -0.508 e. The van der Waals surface area contributed by atoms with Crippen molar-refractivity contribution in [2.45, 2.75) is 19.5 Å². The molecular formula is C31H36N2O6P2. The molecule has 1 aliphatic rings. The molecule has 2 N–H and O–H groups in total. The van der Waals surface area contributed by atoms with E-state index in [2.05, 4.69) is 0 Å². The van der Waals surface area contributed by atoms with Crippen molar-refractivity contribution in [1.82, 2.24) is 0 Å². The highest BCUT2D eigenvalue weighted by Gasteiger charge is 2.42. The topological polar surface area (TPSA) is 99.5 Å². The van der Waals surface area contributed by atoms with Crippen LogP contribution in [-0.2, 0) is 18.2 Å². The molecule has 0 spiro atoms. The van der Waals surface area contributed by atoms with E-state index < -0.39 is 20.9 Å². The third kappa shape index (κ3) is 7.10. The zero-order chi connectivity index (χ0) is 29.3. The van der Waals surface area contributed by atoms with Gasteiger partial charge in [-0.2, -0.15) is 0 Å². The van der Waals surface area contributed by atoms with Crippen molar-refractivity contribution in [3.05, 3.63) is 126 Å². The van der Waals surface area contributed by atoms with Crippen molar-refractivity contribution < 1.29 is 28.2 Å². The molecule has 0 amide bonds. The summed E-state index contributed by atoms with van der Waals surface area (Å²) in [5.74, 6) is 0.0796. The predicted octanol–water partition coefficient (Wildman–Crippen LogP) is 7.86. The van der Waals surface area contributed by atoms with E-state index in [4.69, 9.17) is 9.05 Å². The zero-order valence-corrected chi connectivity index (χ0v) is 25.0. The summed E-state index contributed by atoms with van der Waals surface area (Å²) in [4.78, 5) is 10.4. The van der Waals surface area contributed by atoms with Crippen molar-refractivity contribution >= 4 is 26.6 Å². The summed E-state index contributed by atoms with van der Waals surface area (Å²) in [7, 11) is -7.00. The summed E-state index contributed by atoms with van der Waals surface area (Å²) in [6.45, 7) is 5.19. The Morgan fingerprint density at radius 3 is 1.59 bits per heavy atom. The molecule has 1 aliphatic heterocycles. The maximum absolute atomic E-state index is 13.3. The average molecular weight is 595 g/mol. The second-order valence-electron chi connectivity index (χ2n) is 9.18. The highest BCUT2D eigenvalue weighted by molar-refractivity contribution is 7.61. The van der Waals surface area contributed by atoms with Crippen LogP contribution in [0.15, 0.2) is 115 Å². The van der Waals surface area contributed by atoms with E-state index >= 15 is 0 Å². The highest BCUT2D eigenvalue weighted by atomic mass is 31.2. The molecule has 0 aliphatic carbocycles. The van der Waals surface area contributed by atoms with Gasteiger partial charge in [0, 0.05) is 30.0 Å². The van der Waals surface area contributed by atoms with E-state index in [1.807, 2.05) is 91.0 Å². The molecule has 0 aromatic heterocycles. The van der Waals surface area contributed by atoms with Crippen LogP contribution in [0.3, 0.4) is 0 Å². The summed E-state index contributed by atoms with van der Waals surface area (Å²) >= 11 is 0. The lowest BCUT2D eigenvalue weighted by Gasteiger charge is -2.27. The molecule has 0 radical (unpaired) electrons. The smallest absolute Gasteiger partial charge is 0.394 e. The minimum atomic E-state index is -3.54. The number of hydrogen-bond donors (Lipinski definition) is 2. The number of nitrogens with zero attached hydrogens (tertiary/aromatic N) is 2. The van der Waals surface area contributed by atoms with Gasteiger partial charge in [0.15, 0.2) is 0 Å². The van der Waals surface area contributed by atoms with Crippen LogP contribution in [0.25, 0.3) is 0 Å². The fourth-order valence-corrected chi connectivity index (χ4v) is 8.79. The Balaban J connectivity index is 0.000000191. The van der Waals surface area contributed by atoms with E-state index in [0.717, 1.165) is 16.9 Å². The SMILES string of the molecule is CCOP(=O)(OCC)C(c1ccccc1)c1ccccc1O.O=P1(O)N(c2ccccc2)CCN1c1ccccc1. The number of hydrogen-bond acceptors (Lipinski definition) is 5. The number of phenolic OH excluding ortho intramolecular Hbond substituents is 1. The van der Waals surface area contributed by atoms with Crippen LogP contribution in [0.4, 0.5) is 11.4 Å². The zero-order valence-electron chi connectivity index (χ0n) is 23.2. The molecule has 8 nitrogen and oxygen atoms in total. The van der Waals surface area contributed by atoms with Crippen LogP contribution in [-0.4, -0.2) is 36.3 Å². The number of para-hydroxylation sites is 3. The molecule has 216 valence electrons. The molecule has 1 saturated heterocycles. The average Bonchev–Trinajstić information content (AvgIpc) is 3.30. The summed E-state index contributed by atoms with van der Waals surface area (Å²) < 4.78 is 40.2. The highest BCUT2D eigenvalue weighted by Crippen LogP contribution is 2.64. The van der Waals surface area contributed by atoms with E-state index in [0.29, 0.717) is 18.7 Å². The first-order chi connectivity index (χ1) is 19.8. The van der Waals surface area contributed by atoms with Crippen LogP contribution in [0.1, 0.15) is 30.6 Å². The summed E-state index contributed by atoms with van der Waals surface area (Å²) in [6.07, 6.45) is 0. The van der Waals surface area contributed by atoms with Gasteiger partial charge < -0.3 is 19.0 Å². The van der Waals surface area contributed by atoms with Gasteiger partial charge in [-0.05, 0) is 49.7 Å². The fourth-order valence-electron chi connectivity index (χ4n) is 4.77. The summed E-state index contributed by atoms with van der Waals surface area (Å²) in [5, 5.41) is 10.2. The van der Waals surface area contributed by atoms with Gasteiger partial charge >= 0.3 is 15.3 Å². The van der Waals surface area contributed by atoms with Crippen molar-refractivity contribution in [2.75, 3.05) is 35.6 Å². The third-order valence-corrected chi connectivity index (χ3v) is 11.1. The first-order valence-electron chi connectivity index (χ1n) is 13.5. The molecule has 0 bridgehead atoms. The van der Waals surface area contributed by atoms with Gasteiger partial charge in [0.25, 0.3) is 0 Å². The predicted molar refractivity (Wildman–Crippen MR) is 165 cm³/mol. The largest absolute Gasteiger partial charge is 0.508 e. The Hall–Kier alpha value is -3.38. The molecule has 5 rings (SSSR count). The Bertz CT molecular complexity index is 1410. The van der Waals surface area contributed by atoms with E-state index in [9.17, 15) is 19.1 Å². The number of anilines is 2. The van der Waals surface area contributed by atoms with Crippen LogP contribution in [0, 0.1) is 0 Å². The third-order valence-electron chi connectivity index (χ3n) is 6.54. The second-order valence-corrected chi connectivity index (χ2v) is 13.3. The summed E-state index contributed by atoms with van der Waals surface area (Å²) in [6, 6.07) is 34.9. The van der Waals surface area contributed by atoms with Gasteiger partial charge in [0.05, 0.1) is 13.2 Å². The molecule has 4 aromatic carbocycles. The van der Waals surface area contributed by atoms with Crippen molar-refractivity contribution in [2.24, 2.45) is 0 Å². The van der Waals surface area contributed by atoms with Crippen LogP contribution < -0.4 is 9.34 Å². The molecule has 1 fully saturated rings. The number of benzene rings is 4. The quantitative estimate of drug-likeness (QED) is 0.189. The Kier molecular flexibility index (Phi) is 10.4. The lowest BCUT2D eigenvalue weighted by molar-refractivity contribution is 0.214. The molecule has 0 saturated carbocycles. The van der Waals surface area contributed by atoms with Crippen molar-refractivity contribution in [3.8, 4) is 5.75 Å². The number of phenols is 1. The van der Waals surface area contributed by atoms with Gasteiger partial charge in [0.1, 0.15) is 11.4 Å². The molecule has 1 unspecified atom stereocenters. The Morgan fingerprint density at radius 1 is 0.732 bits per heavy atom. The van der Waals surface area contributed by atoms with Gasteiger partial charge in [-0.3, -0.25) is 13.9 Å². The van der Waals surface area contributed by atoms with Gasteiger partial charge in [0.2, 0.25) is 0 Å². The molecule has 4 aromatic rings. The lowest BCUT2D eigenvalue weighted by Crippen LogP contribution is -2.17. The first-order valence-corrected chi connectivity index (χ1v) is 16.7. The van der Waals surface area contributed by atoms with Crippen molar-refractivity contribution in [1.29, 1.82) is 0 Å². The van der Waals surface area contributed by atoms with E-state index in [1.54, 1.807) is 47.5 Å². The van der Waals surface area contributed by atoms with Gasteiger partial charge in [-0.1, -0.05) is 84.9 Å². The molecule has 1 atom stereocenters. The maximum atomic E-state index is 13.3. The van der Waals surface area contributed by atoms with Gasteiger partial charge in [-0.15, -0.1) is 0 Å². The van der Waals surface area contributed by atoms with Gasteiger partial charge in [-0.25, -0.2) is 4.57 Å². The molecule has 41 heavy (non-hydrogen) atoms.